The molecule has 1 rings (SSSR count). The average Bonchev–Trinajstić information content (AvgIpc) is 1.89. The highest BCUT2D eigenvalue weighted by Gasteiger charge is 1.94. The summed E-state index contributed by atoms with van der Waals surface area (Å²) in [6, 6.07) is 7.09. The highest BCUT2D eigenvalue weighted by Crippen LogP contribution is 2.31. The predicted molar refractivity (Wildman–Crippen MR) is 40.9 cm³/mol. The molecule has 0 amide bonds. The zero-order valence-electron chi connectivity index (χ0n) is 4.61. The molecular weight excluding hydrogens is 151 g/mol. The fraction of sp³-hybridized carbons (Fsp3) is 0. The molecule has 1 aromatic carbocycles. The van der Waals surface area contributed by atoms with Crippen LogP contribution in [0.1, 0.15) is 0 Å². The molecule has 0 bridgehead atoms. The number of hydrogen-bond donors (Lipinski definition) is 1. The van der Waals surface area contributed by atoms with E-state index in [0.29, 0.717) is 0 Å². The van der Waals surface area contributed by atoms with Crippen molar-refractivity contribution in [2.24, 2.45) is 0 Å². The number of aromatic hydroxyl groups is 1. The molecule has 0 aliphatic heterocycles. The van der Waals surface area contributed by atoms with Crippen LogP contribution in [0.3, 0.4) is 0 Å². The zero-order valence-corrected chi connectivity index (χ0v) is 6.32. The minimum atomic E-state index is 0.289. The van der Waals surface area contributed by atoms with E-state index in [-0.39, 0.29) is 5.75 Å². The number of para-hydroxylation sites is 1. The Morgan fingerprint density at radius 3 is 2.44 bits per heavy atom. The van der Waals surface area contributed by atoms with Crippen LogP contribution in [0.15, 0.2) is 29.2 Å². The van der Waals surface area contributed by atoms with Crippen molar-refractivity contribution in [3.8, 4) is 5.75 Å². The minimum Gasteiger partial charge on any atom is -0.507 e. The number of phenols is 1. The van der Waals surface area contributed by atoms with E-state index in [2.05, 4.69) is 8.44 Å². The Balaban J connectivity index is 3.01. The highest BCUT2D eigenvalue weighted by molar-refractivity contribution is 8.43. The summed E-state index contributed by atoms with van der Waals surface area (Å²) in [5.74, 6) is 0.289. The smallest absolute Gasteiger partial charge is 0.129 e. The average molecular weight is 156 g/mol. The van der Waals surface area contributed by atoms with Crippen molar-refractivity contribution in [1.29, 1.82) is 0 Å². The maximum Gasteiger partial charge on any atom is 0.129 e. The Morgan fingerprint density at radius 1 is 1.33 bits per heavy atom. The number of benzene rings is 1. The second-order valence-corrected chi connectivity index (χ2v) is 2.73. The van der Waals surface area contributed by atoms with Gasteiger partial charge < -0.3 is 5.11 Å². The Bertz CT molecular complexity index is 202. The van der Waals surface area contributed by atoms with Gasteiger partial charge >= 0.3 is 0 Å². The molecule has 0 aliphatic carbocycles. The quantitative estimate of drug-likeness (QED) is 0.631. The van der Waals surface area contributed by atoms with Crippen molar-refractivity contribution in [2.45, 2.75) is 4.90 Å². The highest BCUT2D eigenvalue weighted by atomic mass is 32.7. The molecule has 0 spiro atoms. The maximum absolute atomic E-state index is 9.04. The largest absolute Gasteiger partial charge is 0.507 e. The lowest BCUT2D eigenvalue weighted by atomic mass is 10.3. The van der Waals surface area contributed by atoms with Gasteiger partial charge in [0.15, 0.2) is 0 Å². The lowest BCUT2D eigenvalue weighted by Gasteiger charge is -1.95. The molecule has 1 nitrogen and oxygen atoms in total. The van der Waals surface area contributed by atoms with Crippen molar-refractivity contribution in [1.82, 2.24) is 0 Å². The van der Waals surface area contributed by atoms with E-state index in [1.807, 2.05) is 12.1 Å². The third-order valence-electron chi connectivity index (χ3n) is 0.964. The summed E-state index contributed by atoms with van der Waals surface area (Å²) in [7, 11) is 3.94. The molecule has 0 aliphatic rings. The van der Waals surface area contributed by atoms with Crippen LogP contribution in [0.2, 0.25) is 0 Å². The summed E-state index contributed by atoms with van der Waals surface area (Å²) < 4.78 is 0. The molecule has 9 heavy (non-hydrogen) atoms. The summed E-state index contributed by atoms with van der Waals surface area (Å²) >= 11 is 1.24. The Hall–Kier alpha value is -0.200. The predicted octanol–water partition coefficient (Wildman–Crippen LogP) is 2.81. The van der Waals surface area contributed by atoms with Gasteiger partial charge in [-0.1, -0.05) is 23.5 Å². The van der Waals surface area contributed by atoms with E-state index in [9.17, 15) is 0 Å². The third-order valence-corrected chi connectivity index (χ3v) is 2.10. The van der Waals surface area contributed by atoms with E-state index in [4.69, 9.17) is 5.11 Å². The Kier molecular flexibility index (Phi) is 2.38. The Labute approximate surface area is 60.4 Å². The van der Waals surface area contributed by atoms with E-state index in [1.165, 1.54) is 11.4 Å². The molecule has 0 atom stereocenters. The topological polar surface area (TPSA) is 20.2 Å². The van der Waals surface area contributed by atoms with Crippen molar-refractivity contribution in [3.05, 3.63) is 24.3 Å². The van der Waals surface area contributed by atoms with Gasteiger partial charge in [0.25, 0.3) is 0 Å². The second kappa shape index (κ2) is 3.09. The maximum atomic E-state index is 9.04. The van der Waals surface area contributed by atoms with Gasteiger partial charge in [-0.2, -0.15) is 0 Å². The number of phenolic OH excluding ortho intramolecular Hbond substituents is 1. The molecular formula is C6H5OPS. The van der Waals surface area contributed by atoms with Gasteiger partial charge in [0.05, 0.1) is 4.90 Å². The second-order valence-electron chi connectivity index (χ2n) is 1.56. The van der Waals surface area contributed by atoms with Crippen LogP contribution < -0.4 is 0 Å². The monoisotopic (exact) mass is 156 g/mol. The lowest BCUT2D eigenvalue weighted by molar-refractivity contribution is 0.462. The van der Waals surface area contributed by atoms with E-state index >= 15 is 0 Å². The zero-order chi connectivity index (χ0) is 6.69. The van der Waals surface area contributed by atoms with E-state index in [0.717, 1.165) is 4.90 Å². The fourth-order valence-electron chi connectivity index (χ4n) is 0.534. The van der Waals surface area contributed by atoms with Crippen LogP contribution in [-0.2, 0) is 0 Å². The molecule has 46 valence electrons. The van der Waals surface area contributed by atoms with Crippen LogP contribution in [0.4, 0.5) is 0 Å². The van der Waals surface area contributed by atoms with Gasteiger partial charge in [0, 0.05) is 8.44 Å². The van der Waals surface area contributed by atoms with Crippen LogP contribution in [0, 0.1) is 0 Å². The lowest BCUT2D eigenvalue weighted by Crippen LogP contribution is -1.66. The number of rotatable bonds is 1. The van der Waals surface area contributed by atoms with Crippen molar-refractivity contribution in [3.63, 3.8) is 0 Å². The van der Waals surface area contributed by atoms with Crippen LogP contribution >= 0.6 is 19.8 Å². The van der Waals surface area contributed by atoms with Crippen molar-refractivity contribution < 1.29 is 5.11 Å². The summed E-state index contributed by atoms with van der Waals surface area (Å²) in [5, 5.41) is 9.04. The first kappa shape index (κ1) is 6.91. The van der Waals surface area contributed by atoms with Gasteiger partial charge in [0.2, 0.25) is 0 Å². The molecule has 0 heterocycles. The molecule has 0 fully saturated rings. The van der Waals surface area contributed by atoms with Gasteiger partial charge in [-0.15, -0.1) is 0 Å². The van der Waals surface area contributed by atoms with Crippen LogP contribution in [-0.4, -0.2) is 5.11 Å². The first-order chi connectivity index (χ1) is 4.34. The fourth-order valence-corrected chi connectivity index (χ4v) is 1.30. The summed E-state index contributed by atoms with van der Waals surface area (Å²) in [5.41, 5.74) is 0. The first-order valence-corrected chi connectivity index (χ1v) is 4.31. The molecule has 1 aromatic rings. The van der Waals surface area contributed by atoms with E-state index in [1.54, 1.807) is 12.1 Å². The molecule has 0 aromatic heterocycles. The molecule has 1 N–H and O–H groups in total. The minimum absolute atomic E-state index is 0.289. The van der Waals surface area contributed by atoms with Crippen molar-refractivity contribution in [2.75, 3.05) is 0 Å². The third kappa shape index (κ3) is 1.60. The normalized spacial score (nSPS) is 9.44. The Morgan fingerprint density at radius 2 is 2.00 bits per heavy atom. The van der Waals surface area contributed by atoms with Gasteiger partial charge in [0.1, 0.15) is 5.75 Å². The van der Waals surface area contributed by atoms with Crippen molar-refractivity contribution >= 4 is 19.8 Å². The molecule has 2 radical (unpaired) electrons. The SMILES string of the molecule is Oc1ccccc1S[P]. The van der Waals surface area contributed by atoms with Gasteiger partial charge in [-0.25, -0.2) is 0 Å². The van der Waals surface area contributed by atoms with Crippen LogP contribution in [0.5, 0.6) is 5.75 Å². The molecule has 3 heteroatoms. The first-order valence-electron chi connectivity index (χ1n) is 2.44. The molecule has 0 saturated heterocycles. The standard InChI is InChI=1S/C6H5OPS/c7-5-3-1-2-4-6(5)9-8/h1-4,7H. The van der Waals surface area contributed by atoms with Gasteiger partial charge in [-0.05, 0) is 12.1 Å². The number of hydrogen-bond acceptors (Lipinski definition) is 2. The van der Waals surface area contributed by atoms with Gasteiger partial charge in [-0.3, -0.25) is 0 Å². The van der Waals surface area contributed by atoms with E-state index < -0.39 is 0 Å². The summed E-state index contributed by atoms with van der Waals surface area (Å²) in [4.78, 5) is 0.792. The summed E-state index contributed by atoms with van der Waals surface area (Å²) in [6.07, 6.45) is 0. The van der Waals surface area contributed by atoms with Crippen LogP contribution in [0.25, 0.3) is 0 Å². The summed E-state index contributed by atoms with van der Waals surface area (Å²) in [6.45, 7) is 0. The molecule has 0 unspecified atom stereocenters. The molecule has 0 saturated carbocycles.